The van der Waals surface area contributed by atoms with Crippen LogP contribution in [0.3, 0.4) is 0 Å². The Balaban J connectivity index is 2.50. The zero-order chi connectivity index (χ0) is 22.1. The number of hydrogen-bond acceptors (Lipinski definition) is 2. The van der Waals surface area contributed by atoms with E-state index in [2.05, 4.69) is 54.6 Å². The highest BCUT2D eigenvalue weighted by atomic mass is 31.2. The lowest BCUT2D eigenvalue weighted by Crippen LogP contribution is -2.44. The summed E-state index contributed by atoms with van der Waals surface area (Å²) < 4.78 is 28.9. The van der Waals surface area contributed by atoms with Gasteiger partial charge >= 0.3 is 0 Å². The first-order valence-corrected chi connectivity index (χ1v) is 17.6. The fourth-order valence-corrected chi connectivity index (χ4v) is 23.1. The molecule has 0 amide bonds. The Morgan fingerprint density at radius 3 is 1.14 bits per heavy atom. The van der Waals surface area contributed by atoms with Crippen LogP contribution in [0.5, 0.6) is 0 Å². The van der Waals surface area contributed by atoms with Gasteiger partial charge in [0.15, 0.2) is 0 Å². The number of rotatable bonds is 6. The predicted molar refractivity (Wildman–Crippen MR) is 134 cm³/mol. The lowest BCUT2D eigenvalue weighted by Gasteiger charge is -2.41. The van der Waals surface area contributed by atoms with E-state index in [0.29, 0.717) is 11.6 Å². The van der Waals surface area contributed by atoms with E-state index in [9.17, 15) is 9.13 Å². The van der Waals surface area contributed by atoms with Gasteiger partial charge in [-0.3, -0.25) is 0 Å². The Morgan fingerprint density at radius 2 is 0.897 bits per heavy atom. The van der Waals surface area contributed by atoms with Crippen LogP contribution >= 0.6 is 14.3 Å². The molecule has 5 heteroatoms. The minimum atomic E-state index is -2.67. The lowest BCUT2D eigenvalue weighted by molar-refractivity contribution is 0.558. The van der Waals surface area contributed by atoms with Crippen LogP contribution in [0.2, 0.25) is 13.1 Å². The van der Waals surface area contributed by atoms with Crippen LogP contribution in [0.1, 0.15) is 41.5 Å². The summed E-state index contributed by atoms with van der Waals surface area (Å²) in [4.78, 5) is 0. The van der Waals surface area contributed by atoms with Crippen LogP contribution in [-0.2, 0) is 9.13 Å². The summed E-state index contributed by atoms with van der Waals surface area (Å²) in [6.45, 7) is 17.1. The molecule has 0 aliphatic heterocycles. The minimum Gasteiger partial charge on any atom is -0.318 e. The van der Waals surface area contributed by atoms with Crippen LogP contribution in [-0.4, -0.2) is 30.0 Å². The van der Waals surface area contributed by atoms with Gasteiger partial charge in [0.2, 0.25) is 0 Å². The highest BCUT2D eigenvalue weighted by Gasteiger charge is 2.48. The number of benzene rings is 2. The van der Waals surface area contributed by atoms with Crippen LogP contribution in [0.15, 0.2) is 60.7 Å². The summed E-state index contributed by atoms with van der Waals surface area (Å²) in [5, 5.41) is 1.27. The summed E-state index contributed by atoms with van der Waals surface area (Å²) >= 11 is 0. The van der Waals surface area contributed by atoms with Crippen LogP contribution in [0.4, 0.5) is 0 Å². The van der Waals surface area contributed by atoms with Gasteiger partial charge in [-0.25, -0.2) is 0 Å². The first kappa shape index (κ1) is 24.4. The third-order valence-corrected chi connectivity index (χ3v) is 22.8. The van der Waals surface area contributed by atoms with E-state index in [0.717, 1.165) is 10.6 Å². The van der Waals surface area contributed by atoms with Gasteiger partial charge in [-0.2, -0.15) is 0 Å². The maximum Gasteiger partial charge on any atom is 0.118 e. The van der Waals surface area contributed by atoms with Crippen LogP contribution in [0.25, 0.3) is 0 Å². The molecule has 0 saturated heterocycles. The van der Waals surface area contributed by atoms with Crippen LogP contribution in [0, 0.1) is 0 Å². The summed E-state index contributed by atoms with van der Waals surface area (Å²) in [5.74, 6) is 1.36. The Labute approximate surface area is 179 Å². The standard InChI is InChI=1S/C24H38O2P2Si/c1-23(2,3)27(25,21-15-11-9-12-16-21)19-29(7,8)20-28(26,24(4,5)6)22-17-13-10-14-18-22/h9-18H,19-20H2,1-8H3/t27-,28-/m0/s1. The predicted octanol–water partition coefficient (Wildman–Crippen LogP) is 6.75. The molecule has 0 heterocycles. The zero-order valence-electron chi connectivity index (χ0n) is 19.4. The molecule has 0 N–H and O–H groups in total. The van der Waals surface area contributed by atoms with Gasteiger partial charge in [-0.1, -0.05) is 115 Å². The molecule has 0 spiro atoms. The van der Waals surface area contributed by atoms with Crippen molar-refractivity contribution in [1.82, 2.24) is 0 Å². The van der Waals surface area contributed by atoms with Crippen molar-refractivity contribution in [3.8, 4) is 0 Å². The van der Waals surface area contributed by atoms with E-state index in [-0.39, 0.29) is 10.3 Å². The van der Waals surface area contributed by atoms with Crippen molar-refractivity contribution in [1.29, 1.82) is 0 Å². The van der Waals surface area contributed by atoms with E-state index in [1.54, 1.807) is 0 Å². The van der Waals surface area contributed by atoms with Crippen molar-refractivity contribution in [2.24, 2.45) is 0 Å². The summed E-state index contributed by atoms with van der Waals surface area (Å²) in [5.41, 5.74) is 0. The second-order valence-corrected chi connectivity index (χ2v) is 24.5. The normalized spacial score (nSPS) is 17.4. The fourth-order valence-electron chi connectivity index (χ4n) is 4.02. The summed E-state index contributed by atoms with van der Waals surface area (Å²) in [6, 6.07) is 19.9. The topological polar surface area (TPSA) is 34.1 Å². The molecule has 0 unspecified atom stereocenters. The Bertz CT molecular complexity index is 832. The molecule has 0 bridgehead atoms. The molecular formula is C24H38O2P2Si. The molecule has 2 aromatic carbocycles. The van der Waals surface area contributed by atoms with Gasteiger partial charge in [0.1, 0.15) is 14.3 Å². The molecule has 2 aromatic rings. The van der Waals surface area contributed by atoms with Crippen molar-refractivity contribution in [3.63, 3.8) is 0 Å². The summed E-state index contributed by atoms with van der Waals surface area (Å²) in [7, 11) is -7.42. The Morgan fingerprint density at radius 1 is 0.621 bits per heavy atom. The second-order valence-electron chi connectivity index (χ2n) is 11.0. The van der Waals surface area contributed by atoms with E-state index < -0.39 is 22.4 Å². The van der Waals surface area contributed by atoms with Gasteiger partial charge in [-0.05, 0) is 0 Å². The van der Waals surface area contributed by atoms with E-state index >= 15 is 0 Å². The molecule has 0 saturated carbocycles. The first-order valence-electron chi connectivity index (χ1n) is 10.4. The molecule has 2 rings (SSSR count). The molecule has 0 radical (unpaired) electrons. The molecular weight excluding hydrogens is 410 g/mol. The van der Waals surface area contributed by atoms with Crippen molar-refractivity contribution in [2.45, 2.75) is 64.9 Å². The fraction of sp³-hybridized carbons (Fsp3) is 0.500. The largest absolute Gasteiger partial charge is 0.318 e. The molecule has 0 aliphatic rings. The minimum absolute atomic E-state index is 0.322. The molecule has 0 aliphatic carbocycles. The SMILES string of the molecule is CC(C)(C)[P@](=O)(C[Si](C)(C)C[P@](=O)(c1ccccc1)C(C)(C)C)c1ccccc1. The smallest absolute Gasteiger partial charge is 0.118 e. The average molecular weight is 449 g/mol. The molecule has 0 aromatic heterocycles. The zero-order valence-corrected chi connectivity index (χ0v) is 22.2. The van der Waals surface area contributed by atoms with E-state index in [1.165, 1.54) is 0 Å². The number of hydrogen-bond donors (Lipinski definition) is 0. The van der Waals surface area contributed by atoms with Crippen molar-refractivity contribution in [2.75, 3.05) is 11.6 Å². The van der Waals surface area contributed by atoms with Crippen molar-refractivity contribution in [3.05, 3.63) is 60.7 Å². The Kier molecular flexibility index (Phi) is 7.01. The van der Waals surface area contributed by atoms with Gasteiger partial charge in [0.25, 0.3) is 0 Å². The molecule has 29 heavy (non-hydrogen) atoms. The summed E-state index contributed by atoms with van der Waals surface area (Å²) in [6.07, 6.45) is 0. The third-order valence-electron chi connectivity index (χ3n) is 5.82. The Hall–Kier alpha value is -0.883. The lowest BCUT2D eigenvalue weighted by atomic mass is 10.3. The van der Waals surface area contributed by atoms with Crippen LogP contribution < -0.4 is 10.6 Å². The highest BCUT2D eigenvalue weighted by molar-refractivity contribution is 7.78. The molecule has 2 atom stereocenters. The maximum absolute atomic E-state index is 14.5. The van der Waals surface area contributed by atoms with E-state index in [1.807, 2.05) is 60.7 Å². The average Bonchev–Trinajstić information content (AvgIpc) is 2.60. The van der Waals surface area contributed by atoms with Crippen molar-refractivity contribution < 1.29 is 9.13 Å². The van der Waals surface area contributed by atoms with Crippen molar-refractivity contribution >= 4 is 33.0 Å². The molecule has 160 valence electrons. The second kappa shape index (κ2) is 8.33. The quantitative estimate of drug-likeness (QED) is 0.362. The van der Waals surface area contributed by atoms with Gasteiger partial charge in [0.05, 0.1) is 8.07 Å². The third kappa shape index (κ3) is 5.24. The monoisotopic (exact) mass is 448 g/mol. The van der Waals surface area contributed by atoms with Gasteiger partial charge in [-0.15, -0.1) is 0 Å². The van der Waals surface area contributed by atoms with Gasteiger partial charge in [0, 0.05) is 32.5 Å². The highest BCUT2D eigenvalue weighted by Crippen LogP contribution is 2.62. The van der Waals surface area contributed by atoms with Gasteiger partial charge < -0.3 is 9.13 Å². The first-order chi connectivity index (χ1) is 13.1. The maximum atomic E-state index is 14.5. The molecule has 2 nitrogen and oxygen atoms in total. The van der Waals surface area contributed by atoms with E-state index in [4.69, 9.17) is 0 Å². The molecule has 0 fully saturated rings.